The normalized spacial score (nSPS) is 16.9. The second kappa shape index (κ2) is 3.58. The number of ketones is 1. The number of rotatable bonds is 3. The molecule has 0 saturated carbocycles. The van der Waals surface area contributed by atoms with Crippen molar-refractivity contribution in [3.8, 4) is 0 Å². The standard InChI is InChI=1S/C6H12O3/c1-4(3-7)6(9)5(2)8/h4,6-7,9H,3H2,1-2H3/t4-,6-/m1/s1. The van der Waals surface area contributed by atoms with Gasteiger partial charge in [0.2, 0.25) is 0 Å². The molecule has 0 aliphatic carbocycles. The number of aliphatic hydroxyl groups is 2. The zero-order valence-corrected chi connectivity index (χ0v) is 5.66. The van der Waals surface area contributed by atoms with Crippen molar-refractivity contribution in [3.63, 3.8) is 0 Å². The average molecular weight is 132 g/mol. The third kappa shape index (κ3) is 2.58. The van der Waals surface area contributed by atoms with Gasteiger partial charge in [-0.05, 0) is 6.92 Å². The molecule has 0 amide bonds. The summed E-state index contributed by atoms with van der Waals surface area (Å²) in [6.45, 7) is 2.77. The zero-order chi connectivity index (χ0) is 7.44. The molecule has 0 saturated heterocycles. The van der Waals surface area contributed by atoms with Gasteiger partial charge in [0.15, 0.2) is 5.78 Å². The molecule has 0 rings (SSSR count). The smallest absolute Gasteiger partial charge is 0.158 e. The van der Waals surface area contributed by atoms with Crippen LogP contribution in [0.1, 0.15) is 13.8 Å². The second-order valence-electron chi connectivity index (χ2n) is 2.22. The maximum Gasteiger partial charge on any atom is 0.158 e. The Morgan fingerprint density at radius 2 is 2.11 bits per heavy atom. The van der Waals surface area contributed by atoms with Gasteiger partial charge in [-0.3, -0.25) is 4.79 Å². The topological polar surface area (TPSA) is 57.5 Å². The van der Waals surface area contributed by atoms with Gasteiger partial charge in [0.25, 0.3) is 0 Å². The van der Waals surface area contributed by atoms with Crippen molar-refractivity contribution in [2.75, 3.05) is 6.61 Å². The van der Waals surface area contributed by atoms with Gasteiger partial charge in [0.05, 0.1) is 0 Å². The van der Waals surface area contributed by atoms with E-state index in [0.717, 1.165) is 0 Å². The van der Waals surface area contributed by atoms with Crippen LogP contribution < -0.4 is 0 Å². The van der Waals surface area contributed by atoms with Crippen LogP contribution in [0.15, 0.2) is 0 Å². The summed E-state index contributed by atoms with van der Waals surface area (Å²) in [7, 11) is 0. The molecule has 0 bridgehead atoms. The molecular weight excluding hydrogens is 120 g/mol. The Hall–Kier alpha value is -0.410. The van der Waals surface area contributed by atoms with Crippen molar-refractivity contribution >= 4 is 5.78 Å². The van der Waals surface area contributed by atoms with Gasteiger partial charge in [0.1, 0.15) is 6.10 Å². The second-order valence-corrected chi connectivity index (χ2v) is 2.22. The Labute approximate surface area is 54.3 Å². The lowest BCUT2D eigenvalue weighted by Crippen LogP contribution is -2.27. The third-order valence-electron chi connectivity index (χ3n) is 1.24. The fourth-order valence-electron chi connectivity index (χ4n) is 0.501. The molecule has 0 unspecified atom stereocenters. The number of Topliss-reactive ketones (excluding diaryl/α,β-unsaturated/α-hetero) is 1. The molecule has 9 heavy (non-hydrogen) atoms. The summed E-state index contributed by atoms with van der Waals surface area (Å²) < 4.78 is 0. The van der Waals surface area contributed by atoms with Crippen LogP contribution in [0.2, 0.25) is 0 Å². The molecule has 0 aromatic carbocycles. The first-order valence-corrected chi connectivity index (χ1v) is 2.89. The molecular formula is C6H12O3. The van der Waals surface area contributed by atoms with Crippen LogP contribution in [-0.2, 0) is 4.79 Å². The minimum Gasteiger partial charge on any atom is -0.396 e. The molecule has 0 aromatic rings. The molecule has 0 radical (unpaired) electrons. The van der Waals surface area contributed by atoms with E-state index < -0.39 is 6.10 Å². The molecule has 0 aliphatic heterocycles. The molecule has 0 spiro atoms. The van der Waals surface area contributed by atoms with Crippen LogP contribution in [0, 0.1) is 5.92 Å². The summed E-state index contributed by atoms with van der Waals surface area (Å²) in [6, 6.07) is 0. The predicted octanol–water partition coefficient (Wildman–Crippen LogP) is -0.435. The van der Waals surface area contributed by atoms with Crippen LogP contribution in [0.4, 0.5) is 0 Å². The fraction of sp³-hybridized carbons (Fsp3) is 0.833. The summed E-state index contributed by atoms with van der Waals surface area (Å²) in [5, 5.41) is 17.3. The lowest BCUT2D eigenvalue weighted by atomic mass is 10.0. The largest absolute Gasteiger partial charge is 0.396 e. The summed E-state index contributed by atoms with van der Waals surface area (Å²) in [4.78, 5) is 10.4. The van der Waals surface area contributed by atoms with Crippen molar-refractivity contribution in [2.45, 2.75) is 20.0 Å². The van der Waals surface area contributed by atoms with Crippen molar-refractivity contribution < 1.29 is 15.0 Å². The van der Waals surface area contributed by atoms with E-state index in [-0.39, 0.29) is 18.3 Å². The highest BCUT2D eigenvalue weighted by atomic mass is 16.3. The summed E-state index contributed by atoms with van der Waals surface area (Å²) in [6.07, 6.45) is -1.00. The van der Waals surface area contributed by atoms with Crippen molar-refractivity contribution in [1.29, 1.82) is 0 Å². The maximum absolute atomic E-state index is 10.4. The van der Waals surface area contributed by atoms with E-state index in [9.17, 15) is 4.79 Å². The zero-order valence-electron chi connectivity index (χ0n) is 5.66. The van der Waals surface area contributed by atoms with Crippen LogP contribution in [0.25, 0.3) is 0 Å². The molecule has 0 aliphatic rings. The van der Waals surface area contributed by atoms with E-state index in [0.29, 0.717) is 0 Å². The minimum absolute atomic E-state index is 0.152. The van der Waals surface area contributed by atoms with Crippen LogP contribution in [0.3, 0.4) is 0 Å². The summed E-state index contributed by atoms with van der Waals surface area (Å²) in [5.41, 5.74) is 0. The van der Waals surface area contributed by atoms with Crippen molar-refractivity contribution in [1.82, 2.24) is 0 Å². The number of aliphatic hydroxyl groups excluding tert-OH is 2. The van der Waals surface area contributed by atoms with E-state index in [2.05, 4.69) is 0 Å². The van der Waals surface area contributed by atoms with Crippen LogP contribution in [-0.4, -0.2) is 28.7 Å². The lowest BCUT2D eigenvalue weighted by Gasteiger charge is -2.11. The summed E-state index contributed by atoms with van der Waals surface area (Å²) in [5.74, 6) is -0.640. The highest BCUT2D eigenvalue weighted by Gasteiger charge is 2.16. The molecule has 0 fully saturated rings. The molecule has 2 N–H and O–H groups in total. The van der Waals surface area contributed by atoms with Crippen LogP contribution >= 0.6 is 0 Å². The van der Waals surface area contributed by atoms with Gasteiger partial charge in [-0.2, -0.15) is 0 Å². The first-order valence-electron chi connectivity index (χ1n) is 2.89. The Morgan fingerprint density at radius 3 is 2.22 bits per heavy atom. The predicted molar refractivity (Wildman–Crippen MR) is 32.9 cm³/mol. The van der Waals surface area contributed by atoms with Gasteiger partial charge >= 0.3 is 0 Å². The Balaban J connectivity index is 3.72. The molecule has 0 heterocycles. The van der Waals surface area contributed by atoms with E-state index in [4.69, 9.17) is 10.2 Å². The van der Waals surface area contributed by atoms with Gasteiger partial charge in [-0.15, -0.1) is 0 Å². The third-order valence-corrected chi connectivity index (χ3v) is 1.24. The maximum atomic E-state index is 10.4. The van der Waals surface area contributed by atoms with E-state index in [1.165, 1.54) is 6.92 Å². The Kier molecular flexibility index (Phi) is 3.42. The fourth-order valence-corrected chi connectivity index (χ4v) is 0.501. The average Bonchev–Trinajstić information content (AvgIpc) is 1.84. The van der Waals surface area contributed by atoms with Gasteiger partial charge in [-0.25, -0.2) is 0 Å². The highest BCUT2D eigenvalue weighted by molar-refractivity contribution is 5.80. The number of carbonyl (C=O) groups is 1. The first-order chi connectivity index (χ1) is 4.09. The molecule has 3 heteroatoms. The number of hydrogen-bond acceptors (Lipinski definition) is 3. The number of hydrogen-bond donors (Lipinski definition) is 2. The SMILES string of the molecule is CC(=O)[C@H](O)[C@H](C)CO. The van der Waals surface area contributed by atoms with Gasteiger partial charge in [0, 0.05) is 12.5 Å². The summed E-state index contributed by atoms with van der Waals surface area (Å²) >= 11 is 0. The lowest BCUT2D eigenvalue weighted by molar-refractivity contribution is -0.128. The van der Waals surface area contributed by atoms with E-state index >= 15 is 0 Å². The van der Waals surface area contributed by atoms with Crippen molar-refractivity contribution in [3.05, 3.63) is 0 Å². The Bertz CT molecular complexity index is 100. The monoisotopic (exact) mass is 132 g/mol. The minimum atomic E-state index is -1.00. The van der Waals surface area contributed by atoms with Crippen LogP contribution in [0.5, 0.6) is 0 Å². The highest BCUT2D eigenvalue weighted by Crippen LogP contribution is 2.01. The van der Waals surface area contributed by atoms with Gasteiger partial charge in [-0.1, -0.05) is 6.92 Å². The first kappa shape index (κ1) is 8.59. The van der Waals surface area contributed by atoms with E-state index in [1.807, 2.05) is 0 Å². The Morgan fingerprint density at radius 1 is 1.67 bits per heavy atom. The molecule has 0 aromatic heterocycles. The molecule has 3 nitrogen and oxygen atoms in total. The van der Waals surface area contributed by atoms with Gasteiger partial charge < -0.3 is 10.2 Å². The quantitative estimate of drug-likeness (QED) is 0.547. The van der Waals surface area contributed by atoms with E-state index in [1.54, 1.807) is 6.92 Å². The number of carbonyl (C=O) groups excluding carboxylic acids is 1. The molecule has 54 valence electrons. The molecule has 2 atom stereocenters. The van der Waals surface area contributed by atoms with Crippen molar-refractivity contribution in [2.24, 2.45) is 5.92 Å².